The molecule has 0 bridgehead atoms. The van der Waals surface area contributed by atoms with E-state index >= 15 is 0 Å². The van der Waals surface area contributed by atoms with Crippen molar-refractivity contribution in [2.24, 2.45) is 5.10 Å². The predicted molar refractivity (Wildman–Crippen MR) is 91.2 cm³/mol. The minimum absolute atomic E-state index is 0.102. The van der Waals surface area contributed by atoms with Crippen molar-refractivity contribution < 1.29 is 4.79 Å². The van der Waals surface area contributed by atoms with Crippen LogP contribution in [-0.2, 0) is 11.2 Å². The summed E-state index contributed by atoms with van der Waals surface area (Å²) in [6.45, 7) is 8.05. The lowest BCUT2D eigenvalue weighted by Crippen LogP contribution is -2.21. The summed E-state index contributed by atoms with van der Waals surface area (Å²) in [6, 6.07) is 14.1. The van der Waals surface area contributed by atoms with Gasteiger partial charge in [-0.1, -0.05) is 48.0 Å². The maximum atomic E-state index is 12.0. The molecular weight excluding hydrogens is 272 g/mol. The zero-order valence-electron chi connectivity index (χ0n) is 13.6. The lowest BCUT2D eigenvalue weighted by atomic mass is 10.0. The number of nitrogens with zero attached hydrogens (tertiary/aromatic N) is 1. The van der Waals surface area contributed by atoms with Gasteiger partial charge in [0, 0.05) is 0 Å². The predicted octanol–water partition coefficient (Wildman–Crippen LogP) is 3.69. The Hall–Kier alpha value is -2.42. The second kappa shape index (κ2) is 7.03. The largest absolute Gasteiger partial charge is 0.273 e. The van der Waals surface area contributed by atoms with Crippen LogP contribution in [0.25, 0.3) is 0 Å². The Kier molecular flexibility index (Phi) is 5.10. The highest BCUT2D eigenvalue weighted by atomic mass is 16.2. The van der Waals surface area contributed by atoms with Crippen molar-refractivity contribution in [2.45, 2.75) is 34.1 Å². The van der Waals surface area contributed by atoms with Gasteiger partial charge >= 0.3 is 0 Å². The Morgan fingerprint density at radius 3 is 2.32 bits per heavy atom. The van der Waals surface area contributed by atoms with Crippen molar-refractivity contribution in [3.63, 3.8) is 0 Å². The van der Waals surface area contributed by atoms with Crippen LogP contribution in [0.5, 0.6) is 0 Å². The second-order valence-corrected chi connectivity index (χ2v) is 5.69. The average molecular weight is 294 g/mol. The zero-order chi connectivity index (χ0) is 16.1. The van der Waals surface area contributed by atoms with Crippen LogP contribution < -0.4 is 5.43 Å². The molecule has 0 fully saturated rings. The molecule has 0 aliphatic carbocycles. The Morgan fingerprint density at radius 1 is 1.00 bits per heavy atom. The fourth-order valence-corrected chi connectivity index (χ4v) is 2.14. The molecule has 0 saturated carbocycles. The van der Waals surface area contributed by atoms with E-state index in [0.29, 0.717) is 6.42 Å². The number of hydrogen-bond acceptors (Lipinski definition) is 2. The van der Waals surface area contributed by atoms with Gasteiger partial charge in [-0.25, -0.2) is 5.43 Å². The smallest absolute Gasteiger partial charge is 0.244 e. The molecule has 0 spiro atoms. The van der Waals surface area contributed by atoms with E-state index in [-0.39, 0.29) is 5.91 Å². The van der Waals surface area contributed by atoms with E-state index in [2.05, 4.69) is 24.4 Å². The third kappa shape index (κ3) is 4.29. The van der Waals surface area contributed by atoms with Gasteiger partial charge in [0.05, 0.1) is 12.1 Å². The third-order valence-electron chi connectivity index (χ3n) is 3.75. The summed E-state index contributed by atoms with van der Waals surface area (Å²) < 4.78 is 0. The number of carbonyl (C=O) groups excluding carboxylic acids is 1. The van der Waals surface area contributed by atoms with Crippen LogP contribution in [0, 0.1) is 20.8 Å². The fraction of sp³-hybridized carbons (Fsp3) is 0.263. The number of aryl methyl sites for hydroxylation is 3. The molecule has 22 heavy (non-hydrogen) atoms. The average Bonchev–Trinajstić information content (AvgIpc) is 2.49. The molecule has 1 amide bonds. The van der Waals surface area contributed by atoms with Gasteiger partial charge in [-0.15, -0.1) is 0 Å². The molecule has 0 atom stereocenters. The monoisotopic (exact) mass is 294 g/mol. The lowest BCUT2D eigenvalue weighted by Gasteiger charge is -2.06. The third-order valence-corrected chi connectivity index (χ3v) is 3.75. The van der Waals surface area contributed by atoms with Crippen LogP contribution in [0.15, 0.2) is 47.6 Å². The first kappa shape index (κ1) is 16.0. The number of benzene rings is 2. The first-order chi connectivity index (χ1) is 10.5. The molecule has 2 aromatic rings. The number of rotatable bonds is 4. The summed E-state index contributed by atoms with van der Waals surface area (Å²) in [5.74, 6) is -0.102. The molecule has 0 saturated heterocycles. The molecule has 1 N–H and O–H groups in total. The molecule has 3 heteroatoms. The molecule has 0 heterocycles. The molecule has 0 aliphatic rings. The van der Waals surface area contributed by atoms with E-state index in [4.69, 9.17) is 0 Å². The number of carbonyl (C=O) groups is 1. The van der Waals surface area contributed by atoms with Crippen LogP contribution in [0.4, 0.5) is 0 Å². The van der Waals surface area contributed by atoms with Crippen LogP contribution in [-0.4, -0.2) is 11.6 Å². The molecule has 0 aliphatic heterocycles. The molecule has 3 nitrogen and oxygen atoms in total. The summed E-state index contributed by atoms with van der Waals surface area (Å²) in [4.78, 5) is 12.0. The maximum Gasteiger partial charge on any atom is 0.244 e. The Bertz CT molecular complexity index is 700. The van der Waals surface area contributed by atoms with Crippen molar-refractivity contribution >= 4 is 11.6 Å². The second-order valence-electron chi connectivity index (χ2n) is 5.69. The fourth-order valence-electron chi connectivity index (χ4n) is 2.14. The minimum Gasteiger partial charge on any atom is -0.273 e. The van der Waals surface area contributed by atoms with Crippen molar-refractivity contribution in [3.05, 3.63) is 70.3 Å². The molecule has 0 unspecified atom stereocenters. The SMILES string of the molecule is CC(=NNC(=O)Cc1ccc(C)c(C)c1)c1ccc(C)cc1. The normalized spacial score (nSPS) is 11.4. The van der Waals surface area contributed by atoms with Crippen LogP contribution >= 0.6 is 0 Å². The van der Waals surface area contributed by atoms with Crippen LogP contribution in [0.2, 0.25) is 0 Å². The van der Waals surface area contributed by atoms with Gasteiger partial charge in [0.1, 0.15) is 0 Å². The lowest BCUT2D eigenvalue weighted by molar-refractivity contribution is -0.120. The quantitative estimate of drug-likeness (QED) is 0.678. The number of hydrazone groups is 1. The van der Waals surface area contributed by atoms with Gasteiger partial charge in [0.15, 0.2) is 0 Å². The molecule has 2 aromatic carbocycles. The van der Waals surface area contributed by atoms with Crippen LogP contribution in [0.3, 0.4) is 0 Å². The van der Waals surface area contributed by atoms with Gasteiger partial charge in [-0.3, -0.25) is 4.79 Å². The van der Waals surface area contributed by atoms with Gasteiger partial charge in [0.2, 0.25) is 5.91 Å². The molecule has 0 aromatic heterocycles. The van der Waals surface area contributed by atoms with E-state index in [0.717, 1.165) is 16.8 Å². The van der Waals surface area contributed by atoms with Crippen molar-refractivity contribution in [2.75, 3.05) is 0 Å². The standard InChI is InChI=1S/C19H22N2O/c1-13-5-9-18(10-6-13)16(4)20-21-19(22)12-17-8-7-14(2)15(3)11-17/h5-11H,12H2,1-4H3,(H,21,22). The zero-order valence-corrected chi connectivity index (χ0v) is 13.6. The van der Waals surface area contributed by atoms with E-state index in [9.17, 15) is 4.79 Å². The van der Waals surface area contributed by atoms with E-state index < -0.39 is 0 Å². The van der Waals surface area contributed by atoms with Gasteiger partial charge < -0.3 is 0 Å². The molecule has 2 rings (SSSR count). The number of amides is 1. The highest BCUT2D eigenvalue weighted by Crippen LogP contribution is 2.10. The highest BCUT2D eigenvalue weighted by Gasteiger charge is 2.04. The van der Waals surface area contributed by atoms with E-state index in [1.807, 2.05) is 56.3 Å². The maximum absolute atomic E-state index is 12.0. The van der Waals surface area contributed by atoms with Gasteiger partial charge in [-0.2, -0.15) is 5.10 Å². The number of hydrogen-bond donors (Lipinski definition) is 1. The number of nitrogens with one attached hydrogen (secondary N) is 1. The van der Waals surface area contributed by atoms with Gasteiger partial charge in [0.25, 0.3) is 0 Å². The molecule has 114 valence electrons. The molecule has 0 radical (unpaired) electrons. The van der Waals surface area contributed by atoms with Crippen molar-refractivity contribution in [3.8, 4) is 0 Å². The summed E-state index contributed by atoms with van der Waals surface area (Å²) in [6.07, 6.45) is 0.339. The Balaban J connectivity index is 1.98. The highest BCUT2D eigenvalue weighted by molar-refractivity contribution is 5.99. The summed E-state index contributed by atoms with van der Waals surface area (Å²) in [7, 11) is 0. The van der Waals surface area contributed by atoms with Crippen molar-refractivity contribution in [1.29, 1.82) is 0 Å². The first-order valence-corrected chi connectivity index (χ1v) is 7.42. The summed E-state index contributed by atoms with van der Waals surface area (Å²) >= 11 is 0. The summed E-state index contributed by atoms with van der Waals surface area (Å²) in [5, 5.41) is 4.18. The van der Waals surface area contributed by atoms with Gasteiger partial charge in [-0.05, 0) is 49.9 Å². The van der Waals surface area contributed by atoms with E-state index in [1.54, 1.807) is 0 Å². The topological polar surface area (TPSA) is 41.5 Å². The molecular formula is C19H22N2O. The minimum atomic E-state index is -0.102. The van der Waals surface area contributed by atoms with E-state index in [1.165, 1.54) is 16.7 Å². The Labute approximate surface area is 132 Å². The van der Waals surface area contributed by atoms with Crippen LogP contribution in [0.1, 0.15) is 34.7 Å². The van der Waals surface area contributed by atoms with Crippen molar-refractivity contribution in [1.82, 2.24) is 5.43 Å². The first-order valence-electron chi connectivity index (χ1n) is 7.42. The summed E-state index contributed by atoms with van der Waals surface area (Å²) in [5.41, 5.74) is 9.08. The Morgan fingerprint density at radius 2 is 1.68 bits per heavy atom.